The van der Waals surface area contributed by atoms with Gasteiger partial charge < -0.3 is 9.73 Å². The van der Waals surface area contributed by atoms with E-state index in [9.17, 15) is 4.79 Å². The molecule has 6 nitrogen and oxygen atoms in total. The van der Waals surface area contributed by atoms with Crippen molar-refractivity contribution in [2.75, 3.05) is 6.54 Å². The molecule has 0 atom stereocenters. The fraction of sp³-hybridized carbons (Fsp3) is 0.300. The number of hydrogen-bond donors (Lipinski definition) is 1. The Kier molecular flexibility index (Phi) is 3.77. The Morgan fingerprint density at radius 1 is 1.59 bits per heavy atom. The molecule has 17 heavy (non-hydrogen) atoms. The lowest BCUT2D eigenvalue weighted by Crippen LogP contribution is -2.25. The molecule has 0 radical (unpaired) electrons. The molecule has 2 aromatic rings. The van der Waals surface area contributed by atoms with Gasteiger partial charge in [0.1, 0.15) is 0 Å². The minimum absolute atomic E-state index is 0.110. The van der Waals surface area contributed by atoms with Crippen LogP contribution >= 0.6 is 11.6 Å². The van der Waals surface area contributed by atoms with Crippen molar-refractivity contribution in [3.05, 3.63) is 35.5 Å². The number of hydrogen-bond acceptors (Lipinski definition) is 4. The number of nitrogens with zero attached hydrogens (tertiary/aromatic N) is 3. The first-order valence-electron chi connectivity index (χ1n) is 5.12. The summed E-state index contributed by atoms with van der Waals surface area (Å²) in [5, 5.41) is 10.4. The first-order valence-corrected chi connectivity index (χ1v) is 5.50. The van der Waals surface area contributed by atoms with Gasteiger partial charge in [-0.15, -0.1) is 5.10 Å². The number of aryl methyl sites for hydroxylation is 1. The van der Waals surface area contributed by atoms with Gasteiger partial charge in [-0.3, -0.25) is 9.48 Å². The molecule has 0 aromatic carbocycles. The summed E-state index contributed by atoms with van der Waals surface area (Å²) in [5.41, 5.74) is 0.354. The molecule has 1 N–H and O–H groups in total. The van der Waals surface area contributed by atoms with Crippen molar-refractivity contribution >= 4 is 17.5 Å². The van der Waals surface area contributed by atoms with E-state index in [1.54, 1.807) is 17.1 Å². The van der Waals surface area contributed by atoms with Crippen LogP contribution in [0.3, 0.4) is 0 Å². The van der Waals surface area contributed by atoms with Crippen molar-refractivity contribution in [1.82, 2.24) is 20.3 Å². The summed E-state index contributed by atoms with van der Waals surface area (Å²) in [7, 11) is 0. The van der Waals surface area contributed by atoms with Crippen LogP contribution in [0.2, 0.25) is 5.22 Å². The Morgan fingerprint density at radius 2 is 2.47 bits per heavy atom. The first kappa shape index (κ1) is 11.7. The van der Waals surface area contributed by atoms with E-state index in [2.05, 4.69) is 15.6 Å². The van der Waals surface area contributed by atoms with E-state index in [-0.39, 0.29) is 11.1 Å². The van der Waals surface area contributed by atoms with Gasteiger partial charge in [0.05, 0.1) is 18.0 Å². The second-order valence-corrected chi connectivity index (χ2v) is 3.73. The SMILES string of the molecule is O=C(NCCCn1ccnn1)c1ccoc1Cl. The summed E-state index contributed by atoms with van der Waals surface area (Å²) >= 11 is 5.68. The summed E-state index contributed by atoms with van der Waals surface area (Å²) < 4.78 is 6.54. The second kappa shape index (κ2) is 5.49. The van der Waals surface area contributed by atoms with E-state index in [0.29, 0.717) is 18.7 Å². The molecule has 0 aliphatic heterocycles. The third kappa shape index (κ3) is 3.07. The third-order valence-electron chi connectivity index (χ3n) is 2.18. The van der Waals surface area contributed by atoms with E-state index in [4.69, 9.17) is 16.0 Å². The van der Waals surface area contributed by atoms with Crippen molar-refractivity contribution in [2.24, 2.45) is 0 Å². The smallest absolute Gasteiger partial charge is 0.256 e. The van der Waals surface area contributed by atoms with E-state index in [1.807, 2.05) is 0 Å². The topological polar surface area (TPSA) is 73.0 Å². The van der Waals surface area contributed by atoms with Gasteiger partial charge in [0.25, 0.3) is 5.91 Å². The quantitative estimate of drug-likeness (QED) is 0.818. The van der Waals surface area contributed by atoms with Crippen molar-refractivity contribution in [1.29, 1.82) is 0 Å². The maximum absolute atomic E-state index is 11.6. The van der Waals surface area contributed by atoms with Crippen LogP contribution < -0.4 is 5.32 Å². The molecule has 90 valence electrons. The first-order chi connectivity index (χ1) is 8.27. The maximum Gasteiger partial charge on any atom is 0.256 e. The van der Waals surface area contributed by atoms with Crippen LogP contribution in [0.1, 0.15) is 16.8 Å². The lowest BCUT2D eigenvalue weighted by atomic mass is 10.3. The maximum atomic E-state index is 11.6. The minimum Gasteiger partial charge on any atom is -0.452 e. The average molecular weight is 255 g/mol. The van der Waals surface area contributed by atoms with Crippen molar-refractivity contribution in [3.8, 4) is 0 Å². The molecule has 2 aromatic heterocycles. The Bertz CT molecular complexity index is 480. The zero-order chi connectivity index (χ0) is 12.1. The van der Waals surface area contributed by atoms with Gasteiger partial charge in [-0.25, -0.2) is 0 Å². The number of halogens is 1. The number of furan rings is 1. The van der Waals surface area contributed by atoms with Gasteiger partial charge in [-0.1, -0.05) is 5.21 Å². The monoisotopic (exact) mass is 254 g/mol. The van der Waals surface area contributed by atoms with Crippen LogP contribution in [-0.4, -0.2) is 27.4 Å². The van der Waals surface area contributed by atoms with Crippen LogP contribution in [0.15, 0.2) is 29.1 Å². The second-order valence-electron chi connectivity index (χ2n) is 3.38. The summed E-state index contributed by atoms with van der Waals surface area (Å²) in [4.78, 5) is 11.6. The molecule has 0 spiro atoms. The van der Waals surface area contributed by atoms with Crippen molar-refractivity contribution < 1.29 is 9.21 Å². The fourth-order valence-corrected chi connectivity index (χ4v) is 1.55. The van der Waals surface area contributed by atoms with Crippen LogP contribution in [0.25, 0.3) is 0 Å². The lowest BCUT2D eigenvalue weighted by Gasteiger charge is -2.03. The highest BCUT2D eigenvalue weighted by Gasteiger charge is 2.11. The van der Waals surface area contributed by atoms with E-state index in [0.717, 1.165) is 6.42 Å². The molecule has 0 aliphatic rings. The molecule has 0 unspecified atom stereocenters. The number of carbonyl (C=O) groups excluding carboxylic acids is 1. The van der Waals surface area contributed by atoms with Crippen molar-refractivity contribution in [3.63, 3.8) is 0 Å². The Balaban J connectivity index is 1.72. The van der Waals surface area contributed by atoms with Gasteiger partial charge in [0.2, 0.25) is 5.22 Å². The van der Waals surface area contributed by atoms with Gasteiger partial charge in [0, 0.05) is 19.3 Å². The Labute approximate surface area is 103 Å². The van der Waals surface area contributed by atoms with Gasteiger partial charge in [-0.2, -0.15) is 0 Å². The molecule has 2 heterocycles. The predicted molar refractivity (Wildman–Crippen MR) is 60.7 cm³/mol. The molecule has 0 bridgehead atoms. The summed E-state index contributed by atoms with van der Waals surface area (Å²) in [6, 6.07) is 1.54. The van der Waals surface area contributed by atoms with Crippen molar-refractivity contribution in [2.45, 2.75) is 13.0 Å². The van der Waals surface area contributed by atoms with Crippen LogP contribution in [0, 0.1) is 0 Å². The highest BCUT2D eigenvalue weighted by Crippen LogP contribution is 2.15. The summed E-state index contributed by atoms with van der Waals surface area (Å²) in [6.07, 6.45) is 5.54. The Morgan fingerprint density at radius 3 is 3.12 bits per heavy atom. The molecular formula is C10H11ClN4O2. The summed E-state index contributed by atoms with van der Waals surface area (Å²) in [5.74, 6) is -0.234. The number of rotatable bonds is 5. The lowest BCUT2D eigenvalue weighted by molar-refractivity contribution is 0.0952. The molecule has 1 amide bonds. The average Bonchev–Trinajstić information content (AvgIpc) is 2.95. The van der Waals surface area contributed by atoms with Gasteiger partial charge in [0.15, 0.2) is 0 Å². The largest absolute Gasteiger partial charge is 0.452 e. The van der Waals surface area contributed by atoms with E-state index >= 15 is 0 Å². The minimum atomic E-state index is -0.234. The standard InChI is InChI=1S/C10H11ClN4O2/c11-9-8(2-7-17-9)10(16)12-3-1-5-15-6-4-13-14-15/h2,4,6-7H,1,3,5H2,(H,12,16). The molecule has 0 saturated heterocycles. The van der Waals surface area contributed by atoms with Crippen LogP contribution in [0.5, 0.6) is 0 Å². The zero-order valence-corrected chi connectivity index (χ0v) is 9.72. The molecular weight excluding hydrogens is 244 g/mol. The third-order valence-corrected chi connectivity index (χ3v) is 2.48. The number of aromatic nitrogens is 3. The fourth-order valence-electron chi connectivity index (χ4n) is 1.35. The molecule has 0 saturated carbocycles. The molecule has 7 heteroatoms. The zero-order valence-electron chi connectivity index (χ0n) is 8.97. The number of amides is 1. The molecule has 0 fully saturated rings. The molecule has 0 aliphatic carbocycles. The highest BCUT2D eigenvalue weighted by molar-refractivity contribution is 6.32. The van der Waals surface area contributed by atoms with Crippen LogP contribution in [-0.2, 0) is 6.54 Å². The van der Waals surface area contributed by atoms with E-state index < -0.39 is 0 Å². The van der Waals surface area contributed by atoms with Gasteiger partial charge in [-0.05, 0) is 24.1 Å². The van der Waals surface area contributed by atoms with Gasteiger partial charge >= 0.3 is 0 Å². The highest BCUT2D eigenvalue weighted by atomic mass is 35.5. The summed E-state index contributed by atoms with van der Waals surface area (Å²) in [6.45, 7) is 1.25. The Hall–Kier alpha value is -1.82. The normalized spacial score (nSPS) is 10.4. The molecule has 2 rings (SSSR count). The van der Waals surface area contributed by atoms with Crippen LogP contribution in [0.4, 0.5) is 0 Å². The predicted octanol–water partition coefficient (Wildman–Crippen LogP) is 1.34. The number of nitrogens with one attached hydrogen (secondary N) is 1. The van der Waals surface area contributed by atoms with E-state index in [1.165, 1.54) is 12.3 Å². The number of carbonyl (C=O) groups is 1.